The van der Waals surface area contributed by atoms with E-state index in [1.54, 1.807) is 0 Å². The van der Waals surface area contributed by atoms with E-state index in [0.717, 1.165) is 16.8 Å². The van der Waals surface area contributed by atoms with Crippen molar-refractivity contribution in [3.8, 4) is 0 Å². The highest BCUT2D eigenvalue weighted by atomic mass is 16.5. The molecule has 0 unspecified atom stereocenters. The first-order valence-electron chi connectivity index (χ1n) is 5.57. The molecule has 0 amide bonds. The van der Waals surface area contributed by atoms with Crippen molar-refractivity contribution >= 4 is 11.7 Å². The van der Waals surface area contributed by atoms with Crippen LogP contribution in [0.5, 0.6) is 0 Å². The van der Waals surface area contributed by atoms with Crippen LogP contribution in [-0.2, 0) is 6.54 Å². The monoisotopic (exact) mass is 246 g/mol. The number of nitrogens with one attached hydrogen (secondary N) is 1. The van der Waals surface area contributed by atoms with Crippen LogP contribution < -0.4 is 5.32 Å². The molecule has 0 bridgehead atoms. The Morgan fingerprint density at radius 3 is 2.61 bits per heavy atom. The van der Waals surface area contributed by atoms with E-state index in [1.807, 2.05) is 32.0 Å². The molecule has 0 saturated heterocycles. The summed E-state index contributed by atoms with van der Waals surface area (Å²) in [6.07, 6.45) is 0. The number of hydrogen-bond donors (Lipinski definition) is 2. The molecule has 0 spiro atoms. The van der Waals surface area contributed by atoms with E-state index in [-0.39, 0.29) is 5.69 Å². The number of nitrogens with zero attached hydrogens (tertiary/aromatic N) is 1. The lowest BCUT2D eigenvalue weighted by Gasteiger charge is -2.10. The van der Waals surface area contributed by atoms with Gasteiger partial charge >= 0.3 is 5.97 Å². The van der Waals surface area contributed by atoms with Gasteiger partial charge in [-0.05, 0) is 25.0 Å². The number of para-hydroxylation sites is 1. The predicted molar refractivity (Wildman–Crippen MR) is 66.7 cm³/mol. The van der Waals surface area contributed by atoms with Gasteiger partial charge in [0.15, 0.2) is 11.5 Å². The molecular formula is C13H14N2O3. The zero-order valence-corrected chi connectivity index (χ0v) is 10.2. The first-order valence-corrected chi connectivity index (χ1v) is 5.57. The van der Waals surface area contributed by atoms with Gasteiger partial charge < -0.3 is 14.9 Å². The maximum atomic E-state index is 10.7. The summed E-state index contributed by atoms with van der Waals surface area (Å²) in [5.41, 5.74) is 3.22. The summed E-state index contributed by atoms with van der Waals surface area (Å²) < 4.78 is 4.93. The van der Waals surface area contributed by atoms with Crippen LogP contribution in [-0.4, -0.2) is 16.2 Å². The molecule has 0 aliphatic heterocycles. The fourth-order valence-corrected chi connectivity index (χ4v) is 1.77. The van der Waals surface area contributed by atoms with E-state index in [1.165, 1.54) is 6.07 Å². The molecule has 2 rings (SSSR count). The Hall–Kier alpha value is -2.30. The second-order valence-corrected chi connectivity index (χ2v) is 4.10. The smallest absolute Gasteiger partial charge is 0.358 e. The van der Waals surface area contributed by atoms with Crippen LogP contribution >= 0.6 is 0 Å². The quantitative estimate of drug-likeness (QED) is 0.867. The molecule has 5 heteroatoms. The number of benzene rings is 1. The summed E-state index contributed by atoms with van der Waals surface area (Å²) in [6.45, 7) is 4.43. The van der Waals surface area contributed by atoms with Gasteiger partial charge in [0.05, 0.1) is 6.54 Å². The number of rotatable bonds is 4. The normalized spacial score (nSPS) is 10.3. The molecular weight excluding hydrogens is 232 g/mol. The van der Waals surface area contributed by atoms with Gasteiger partial charge in [0, 0.05) is 11.8 Å². The van der Waals surface area contributed by atoms with Crippen molar-refractivity contribution in [1.82, 2.24) is 5.16 Å². The lowest BCUT2D eigenvalue weighted by Crippen LogP contribution is -2.02. The van der Waals surface area contributed by atoms with Crippen LogP contribution in [0.4, 0.5) is 5.69 Å². The van der Waals surface area contributed by atoms with Crippen molar-refractivity contribution in [3.05, 3.63) is 46.8 Å². The van der Waals surface area contributed by atoms with Crippen molar-refractivity contribution < 1.29 is 14.4 Å². The summed E-state index contributed by atoms with van der Waals surface area (Å²) in [5, 5.41) is 15.4. The summed E-state index contributed by atoms with van der Waals surface area (Å²) >= 11 is 0. The highest BCUT2D eigenvalue weighted by Gasteiger charge is 2.10. The second-order valence-electron chi connectivity index (χ2n) is 4.10. The van der Waals surface area contributed by atoms with Gasteiger partial charge in [-0.2, -0.15) is 0 Å². The molecule has 2 aromatic rings. The van der Waals surface area contributed by atoms with E-state index in [0.29, 0.717) is 12.3 Å². The van der Waals surface area contributed by atoms with Crippen molar-refractivity contribution in [3.63, 3.8) is 0 Å². The minimum absolute atomic E-state index is 0.0756. The standard InChI is InChI=1S/C13H14N2O3/c1-8-4-3-5-9(2)12(8)14-7-10-6-11(13(16)17)15-18-10/h3-6,14H,7H2,1-2H3,(H,16,17). The zero-order valence-electron chi connectivity index (χ0n) is 10.2. The van der Waals surface area contributed by atoms with Gasteiger partial charge in [0.25, 0.3) is 0 Å². The van der Waals surface area contributed by atoms with E-state index >= 15 is 0 Å². The van der Waals surface area contributed by atoms with Crippen molar-refractivity contribution in [2.45, 2.75) is 20.4 Å². The Labute approximate surface area is 104 Å². The molecule has 2 N–H and O–H groups in total. The van der Waals surface area contributed by atoms with Gasteiger partial charge in [-0.15, -0.1) is 0 Å². The fraction of sp³-hybridized carbons (Fsp3) is 0.231. The van der Waals surface area contributed by atoms with Crippen molar-refractivity contribution in [2.75, 3.05) is 5.32 Å². The molecule has 0 atom stereocenters. The Kier molecular flexibility index (Phi) is 3.32. The number of hydrogen-bond acceptors (Lipinski definition) is 4. The highest BCUT2D eigenvalue weighted by molar-refractivity contribution is 5.85. The van der Waals surface area contributed by atoms with Gasteiger partial charge in [-0.1, -0.05) is 23.4 Å². The summed E-state index contributed by atoms with van der Waals surface area (Å²) in [7, 11) is 0. The fourth-order valence-electron chi connectivity index (χ4n) is 1.77. The summed E-state index contributed by atoms with van der Waals surface area (Å²) in [6, 6.07) is 7.44. The number of anilines is 1. The Morgan fingerprint density at radius 2 is 2.06 bits per heavy atom. The average molecular weight is 246 g/mol. The maximum absolute atomic E-state index is 10.7. The third kappa shape index (κ3) is 2.51. The topological polar surface area (TPSA) is 75.4 Å². The van der Waals surface area contributed by atoms with Gasteiger partial charge in [-0.25, -0.2) is 4.79 Å². The summed E-state index contributed by atoms with van der Waals surface area (Å²) in [4.78, 5) is 10.7. The van der Waals surface area contributed by atoms with Crippen LogP contribution in [0, 0.1) is 13.8 Å². The molecule has 1 heterocycles. The van der Waals surface area contributed by atoms with Crippen LogP contribution in [0.1, 0.15) is 27.4 Å². The van der Waals surface area contributed by atoms with Crippen LogP contribution in [0.15, 0.2) is 28.8 Å². The van der Waals surface area contributed by atoms with E-state index < -0.39 is 5.97 Å². The van der Waals surface area contributed by atoms with Crippen LogP contribution in [0.3, 0.4) is 0 Å². The highest BCUT2D eigenvalue weighted by Crippen LogP contribution is 2.20. The van der Waals surface area contributed by atoms with Crippen LogP contribution in [0.2, 0.25) is 0 Å². The maximum Gasteiger partial charge on any atom is 0.358 e. The average Bonchev–Trinajstić information content (AvgIpc) is 2.77. The number of carboxylic acid groups (broad SMARTS) is 1. The lowest BCUT2D eigenvalue weighted by atomic mass is 10.1. The molecule has 0 saturated carbocycles. The van der Waals surface area contributed by atoms with Gasteiger partial charge in [-0.3, -0.25) is 0 Å². The van der Waals surface area contributed by atoms with E-state index in [9.17, 15) is 4.79 Å². The summed E-state index contributed by atoms with van der Waals surface area (Å²) in [5.74, 6) is -0.591. The molecule has 0 aliphatic rings. The molecule has 0 fully saturated rings. The van der Waals surface area contributed by atoms with Gasteiger partial charge in [0.2, 0.25) is 0 Å². The third-order valence-electron chi connectivity index (χ3n) is 2.70. The first kappa shape index (κ1) is 12.2. The number of aryl methyl sites for hydroxylation is 2. The predicted octanol–water partition coefficient (Wildman–Crippen LogP) is 2.60. The largest absolute Gasteiger partial charge is 0.476 e. The lowest BCUT2D eigenvalue weighted by molar-refractivity contribution is 0.0685. The number of aromatic carboxylic acids is 1. The molecule has 1 aromatic heterocycles. The zero-order chi connectivity index (χ0) is 13.1. The van der Waals surface area contributed by atoms with Crippen LogP contribution in [0.25, 0.3) is 0 Å². The SMILES string of the molecule is Cc1cccc(C)c1NCc1cc(C(=O)O)no1. The molecule has 0 aliphatic carbocycles. The third-order valence-corrected chi connectivity index (χ3v) is 2.70. The Bertz CT molecular complexity index is 555. The second kappa shape index (κ2) is 4.91. The number of carboxylic acids is 1. The van der Waals surface area contributed by atoms with E-state index in [4.69, 9.17) is 9.63 Å². The van der Waals surface area contributed by atoms with Crippen molar-refractivity contribution in [2.24, 2.45) is 0 Å². The first-order chi connectivity index (χ1) is 8.58. The van der Waals surface area contributed by atoms with Gasteiger partial charge in [0.1, 0.15) is 0 Å². The minimum Gasteiger partial charge on any atom is -0.476 e. The van der Waals surface area contributed by atoms with E-state index in [2.05, 4.69) is 10.5 Å². The Morgan fingerprint density at radius 1 is 1.39 bits per heavy atom. The molecule has 1 aromatic carbocycles. The Balaban J connectivity index is 2.09. The number of carbonyl (C=O) groups is 1. The molecule has 94 valence electrons. The molecule has 0 radical (unpaired) electrons. The van der Waals surface area contributed by atoms with Crippen molar-refractivity contribution in [1.29, 1.82) is 0 Å². The minimum atomic E-state index is -1.09. The molecule has 5 nitrogen and oxygen atoms in total. The number of aromatic nitrogens is 1. The molecule has 18 heavy (non-hydrogen) atoms.